The number of halogens is 3. The molecule has 0 saturated carbocycles. The van der Waals surface area contributed by atoms with Crippen LogP contribution in [0.5, 0.6) is 0 Å². The summed E-state index contributed by atoms with van der Waals surface area (Å²) in [4.78, 5) is 28.7. The van der Waals surface area contributed by atoms with E-state index in [0.717, 1.165) is 24.4 Å². The van der Waals surface area contributed by atoms with E-state index in [-0.39, 0.29) is 22.2 Å². The first-order chi connectivity index (χ1) is 13.1. The highest BCUT2D eigenvalue weighted by atomic mass is 32.2. The fraction of sp³-hybridized carbons (Fsp3) is 0.600. The van der Waals surface area contributed by atoms with Crippen molar-refractivity contribution in [3.05, 3.63) is 35.4 Å². The summed E-state index contributed by atoms with van der Waals surface area (Å²) in [6, 6.07) is 4.35. The van der Waals surface area contributed by atoms with E-state index in [2.05, 4.69) is 0 Å². The van der Waals surface area contributed by atoms with Crippen molar-refractivity contribution in [3.63, 3.8) is 0 Å². The molecule has 0 aliphatic carbocycles. The molecule has 28 heavy (non-hydrogen) atoms. The van der Waals surface area contributed by atoms with Crippen molar-refractivity contribution in [2.45, 2.75) is 44.2 Å². The van der Waals surface area contributed by atoms with Crippen molar-refractivity contribution in [1.29, 1.82) is 0 Å². The zero-order valence-electron chi connectivity index (χ0n) is 16.1. The number of hydrogen-bond donors (Lipinski definition) is 0. The first-order valence-electron chi connectivity index (χ1n) is 9.53. The lowest BCUT2D eigenvalue weighted by Crippen LogP contribution is -2.53. The highest BCUT2D eigenvalue weighted by molar-refractivity contribution is 8.00. The predicted octanol–water partition coefficient (Wildman–Crippen LogP) is 4.26. The minimum Gasteiger partial charge on any atom is -0.338 e. The minimum absolute atomic E-state index is 0.169. The van der Waals surface area contributed by atoms with Crippen LogP contribution < -0.4 is 0 Å². The van der Waals surface area contributed by atoms with E-state index in [0.29, 0.717) is 38.3 Å². The number of alkyl halides is 3. The highest BCUT2D eigenvalue weighted by Gasteiger charge is 2.46. The SMILES string of the molecule is CC(C)CC(=O)N1CCSC12CCN(C(=O)c1ccc(C(F)(F)F)cc1)CC2. The summed E-state index contributed by atoms with van der Waals surface area (Å²) in [7, 11) is 0. The molecule has 154 valence electrons. The van der Waals surface area contributed by atoms with Crippen LogP contribution in [0.25, 0.3) is 0 Å². The third-order valence-corrected chi connectivity index (χ3v) is 6.91. The molecule has 2 amide bonds. The number of rotatable bonds is 3. The Morgan fingerprint density at radius 1 is 1.11 bits per heavy atom. The summed E-state index contributed by atoms with van der Waals surface area (Å²) in [5, 5.41) is 0. The van der Waals surface area contributed by atoms with Crippen LogP contribution in [0.3, 0.4) is 0 Å². The van der Waals surface area contributed by atoms with Crippen molar-refractivity contribution in [2.75, 3.05) is 25.4 Å². The zero-order valence-corrected chi connectivity index (χ0v) is 16.9. The van der Waals surface area contributed by atoms with Crippen molar-refractivity contribution in [2.24, 2.45) is 5.92 Å². The summed E-state index contributed by atoms with van der Waals surface area (Å²) in [6.07, 6.45) is -2.51. The quantitative estimate of drug-likeness (QED) is 0.742. The van der Waals surface area contributed by atoms with Crippen molar-refractivity contribution < 1.29 is 22.8 Å². The molecule has 0 unspecified atom stereocenters. The summed E-state index contributed by atoms with van der Waals surface area (Å²) >= 11 is 1.79. The topological polar surface area (TPSA) is 40.6 Å². The predicted molar refractivity (Wildman–Crippen MR) is 103 cm³/mol. The molecule has 3 rings (SSSR count). The second kappa shape index (κ2) is 7.97. The van der Waals surface area contributed by atoms with Crippen LogP contribution >= 0.6 is 11.8 Å². The van der Waals surface area contributed by atoms with Gasteiger partial charge in [0.15, 0.2) is 0 Å². The number of amides is 2. The standard InChI is InChI=1S/C20H25F3N2O2S/c1-14(2)13-17(26)25-11-12-28-19(25)7-9-24(10-8-19)18(27)15-3-5-16(6-4-15)20(21,22)23/h3-6,14H,7-13H2,1-2H3. The first kappa shape index (κ1) is 21.0. The molecule has 1 aromatic carbocycles. The van der Waals surface area contributed by atoms with Gasteiger partial charge >= 0.3 is 6.18 Å². The van der Waals surface area contributed by atoms with Crippen LogP contribution in [0.1, 0.15) is 49.0 Å². The maximum atomic E-state index is 12.7. The number of carbonyl (C=O) groups excluding carboxylic acids is 2. The molecule has 2 aliphatic heterocycles. The Morgan fingerprint density at radius 3 is 2.25 bits per heavy atom. The van der Waals surface area contributed by atoms with Gasteiger partial charge < -0.3 is 9.80 Å². The number of piperidine rings is 1. The molecule has 0 radical (unpaired) electrons. The smallest absolute Gasteiger partial charge is 0.338 e. The largest absolute Gasteiger partial charge is 0.416 e. The van der Waals surface area contributed by atoms with Gasteiger partial charge in [0.05, 0.1) is 10.4 Å². The molecule has 0 bridgehead atoms. The molecule has 0 aromatic heterocycles. The molecule has 0 N–H and O–H groups in total. The second-order valence-corrected chi connectivity index (χ2v) is 9.26. The number of thioether (sulfide) groups is 1. The lowest BCUT2D eigenvalue weighted by Gasteiger charge is -2.44. The number of nitrogens with zero attached hydrogens (tertiary/aromatic N) is 2. The van der Waals surface area contributed by atoms with Crippen LogP contribution in [0.15, 0.2) is 24.3 Å². The molecule has 0 atom stereocenters. The van der Waals surface area contributed by atoms with Crippen LogP contribution in [0, 0.1) is 5.92 Å². The van der Waals surface area contributed by atoms with E-state index in [1.807, 2.05) is 18.7 Å². The summed E-state index contributed by atoms with van der Waals surface area (Å²) in [5.41, 5.74) is -0.501. The summed E-state index contributed by atoms with van der Waals surface area (Å²) in [6.45, 7) is 5.79. The van der Waals surface area contributed by atoms with Crippen LogP contribution in [-0.4, -0.2) is 51.9 Å². The number of likely N-dealkylation sites (tertiary alicyclic amines) is 1. The van der Waals surface area contributed by atoms with Crippen LogP contribution in [-0.2, 0) is 11.0 Å². The highest BCUT2D eigenvalue weighted by Crippen LogP contribution is 2.44. The van der Waals surface area contributed by atoms with Gasteiger partial charge in [0.25, 0.3) is 5.91 Å². The monoisotopic (exact) mass is 414 g/mol. The van der Waals surface area contributed by atoms with Gasteiger partial charge in [-0.2, -0.15) is 13.2 Å². The Balaban J connectivity index is 1.64. The lowest BCUT2D eigenvalue weighted by atomic mass is 9.99. The lowest BCUT2D eigenvalue weighted by molar-refractivity contribution is -0.137. The average Bonchev–Trinajstić information content (AvgIpc) is 3.04. The summed E-state index contributed by atoms with van der Waals surface area (Å²) in [5.74, 6) is 1.11. The number of benzene rings is 1. The molecule has 8 heteroatoms. The van der Waals surface area contributed by atoms with Gasteiger partial charge in [0, 0.05) is 37.4 Å². The average molecular weight is 414 g/mol. The van der Waals surface area contributed by atoms with Crippen molar-refractivity contribution in [3.8, 4) is 0 Å². The van der Waals surface area contributed by atoms with E-state index < -0.39 is 11.7 Å². The van der Waals surface area contributed by atoms with E-state index in [1.54, 1.807) is 16.7 Å². The molecule has 2 aliphatic rings. The van der Waals surface area contributed by atoms with E-state index >= 15 is 0 Å². The van der Waals surface area contributed by atoms with Gasteiger partial charge in [-0.25, -0.2) is 0 Å². The normalized spacial score (nSPS) is 19.5. The Hall–Kier alpha value is -1.70. The van der Waals surface area contributed by atoms with Gasteiger partial charge in [0.1, 0.15) is 0 Å². The minimum atomic E-state index is -4.41. The molecule has 2 fully saturated rings. The van der Waals surface area contributed by atoms with Gasteiger partial charge in [-0.15, -0.1) is 11.8 Å². The first-order valence-corrected chi connectivity index (χ1v) is 10.5. The van der Waals surface area contributed by atoms with E-state index in [1.165, 1.54) is 12.1 Å². The zero-order chi connectivity index (χ0) is 20.5. The Labute approximate surface area is 167 Å². The third-order valence-electron chi connectivity index (χ3n) is 5.35. The maximum Gasteiger partial charge on any atom is 0.416 e. The molecule has 2 heterocycles. The second-order valence-electron chi connectivity index (χ2n) is 7.81. The molecule has 2 saturated heterocycles. The summed E-state index contributed by atoms with van der Waals surface area (Å²) < 4.78 is 38.1. The van der Waals surface area contributed by atoms with Gasteiger partial charge in [-0.3, -0.25) is 9.59 Å². The number of carbonyl (C=O) groups is 2. The van der Waals surface area contributed by atoms with Gasteiger partial charge in [-0.05, 0) is 43.0 Å². The third kappa shape index (κ3) is 4.31. The van der Waals surface area contributed by atoms with Gasteiger partial charge in [0.2, 0.25) is 5.91 Å². The molecule has 4 nitrogen and oxygen atoms in total. The molecule has 1 aromatic rings. The van der Waals surface area contributed by atoms with E-state index in [9.17, 15) is 22.8 Å². The van der Waals surface area contributed by atoms with Crippen LogP contribution in [0.2, 0.25) is 0 Å². The molecular formula is C20H25F3N2O2S. The van der Waals surface area contributed by atoms with Gasteiger partial charge in [-0.1, -0.05) is 13.8 Å². The Kier molecular flexibility index (Phi) is 5.98. The van der Waals surface area contributed by atoms with Crippen molar-refractivity contribution in [1.82, 2.24) is 9.80 Å². The molecule has 1 spiro atoms. The Morgan fingerprint density at radius 2 is 1.71 bits per heavy atom. The maximum absolute atomic E-state index is 12.7. The fourth-order valence-electron chi connectivity index (χ4n) is 3.88. The van der Waals surface area contributed by atoms with Crippen LogP contribution in [0.4, 0.5) is 13.2 Å². The number of hydrogen-bond acceptors (Lipinski definition) is 3. The van der Waals surface area contributed by atoms with Crippen molar-refractivity contribution >= 4 is 23.6 Å². The molecular weight excluding hydrogens is 389 g/mol. The fourth-order valence-corrected chi connectivity index (χ4v) is 5.35. The van der Waals surface area contributed by atoms with E-state index in [4.69, 9.17) is 0 Å². The Bertz CT molecular complexity index is 726.